The molecule has 0 radical (unpaired) electrons. The van der Waals surface area contributed by atoms with E-state index in [0.29, 0.717) is 5.75 Å². The highest BCUT2D eigenvalue weighted by Gasteiger charge is 2.27. The molecule has 3 nitrogen and oxygen atoms in total. The van der Waals surface area contributed by atoms with E-state index in [-0.39, 0.29) is 11.5 Å². The molecule has 1 rings (SSSR count). The first kappa shape index (κ1) is 14.9. The predicted octanol–water partition coefficient (Wildman–Crippen LogP) is 2.66. The summed E-state index contributed by atoms with van der Waals surface area (Å²) in [5.74, 6) is -0.214. The third-order valence-electron chi connectivity index (χ3n) is 3.38. The Morgan fingerprint density at radius 1 is 1.22 bits per heavy atom. The minimum absolute atomic E-state index is 0.0403. The van der Waals surface area contributed by atoms with Crippen LogP contribution < -0.4 is 4.74 Å². The summed E-state index contributed by atoms with van der Waals surface area (Å²) < 4.78 is 18.7. The molecule has 0 aliphatic heterocycles. The number of benzene rings is 1. The van der Waals surface area contributed by atoms with Gasteiger partial charge < -0.3 is 14.9 Å². The molecule has 0 saturated carbocycles. The third-order valence-corrected chi connectivity index (χ3v) is 3.38. The van der Waals surface area contributed by atoms with E-state index < -0.39 is 18.0 Å². The minimum Gasteiger partial charge on any atom is -0.497 e. The topological polar surface area (TPSA) is 49.7 Å². The van der Waals surface area contributed by atoms with Gasteiger partial charge in [0.15, 0.2) is 0 Å². The number of aliphatic hydroxyl groups is 2. The average Bonchev–Trinajstić information content (AvgIpc) is 2.39. The fourth-order valence-corrected chi connectivity index (χ4v) is 2.09. The Morgan fingerprint density at radius 3 is 2.28 bits per heavy atom. The van der Waals surface area contributed by atoms with Crippen molar-refractivity contribution in [3.05, 3.63) is 29.6 Å². The number of halogens is 1. The fourth-order valence-electron chi connectivity index (χ4n) is 2.09. The maximum absolute atomic E-state index is 13.8. The molecule has 1 aromatic carbocycles. The summed E-state index contributed by atoms with van der Waals surface area (Å²) in [6, 6.07) is 4.23. The highest BCUT2D eigenvalue weighted by Crippen LogP contribution is 2.29. The van der Waals surface area contributed by atoms with Gasteiger partial charge in [0.25, 0.3) is 0 Å². The van der Waals surface area contributed by atoms with E-state index in [9.17, 15) is 14.6 Å². The molecule has 0 fully saturated rings. The second-order valence-corrected chi connectivity index (χ2v) is 4.40. The van der Waals surface area contributed by atoms with E-state index in [1.165, 1.54) is 19.2 Å². The van der Waals surface area contributed by atoms with Crippen molar-refractivity contribution in [1.29, 1.82) is 0 Å². The first-order valence-electron chi connectivity index (χ1n) is 6.24. The van der Waals surface area contributed by atoms with Gasteiger partial charge in [-0.3, -0.25) is 0 Å². The van der Waals surface area contributed by atoms with Gasteiger partial charge in [0, 0.05) is 11.6 Å². The first-order valence-corrected chi connectivity index (χ1v) is 6.24. The number of hydrogen-bond donors (Lipinski definition) is 2. The van der Waals surface area contributed by atoms with E-state index in [1.54, 1.807) is 6.07 Å². The van der Waals surface area contributed by atoms with Gasteiger partial charge in [-0.15, -0.1) is 0 Å². The van der Waals surface area contributed by atoms with Crippen LogP contribution >= 0.6 is 0 Å². The number of aliphatic hydroxyl groups excluding tert-OH is 2. The zero-order chi connectivity index (χ0) is 13.7. The molecule has 0 heterocycles. The predicted molar refractivity (Wildman–Crippen MR) is 68.0 cm³/mol. The van der Waals surface area contributed by atoms with Crippen molar-refractivity contribution in [1.82, 2.24) is 0 Å². The van der Waals surface area contributed by atoms with Crippen molar-refractivity contribution < 1.29 is 19.3 Å². The molecule has 0 amide bonds. The smallest absolute Gasteiger partial charge is 0.132 e. The first-order chi connectivity index (χ1) is 8.54. The van der Waals surface area contributed by atoms with Crippen LogP contribution in [0.2, 0.25) is 0 Å². The second kappa shape index (κ2) is 6.71. The van der Waals surface area contributed by atoms with Crippen LogP contribution in [0.15, 0.2) is 18.2 Å². The molecule has 2 N–H and O–H groups in total. The number of methoxy groups -OCH3 is 1. The van der Waals surface area contributed by atoms with Gasteiger partial charge in [-0.2, -0.15) is 0 Å². The van der Waals surface area contributed by atoms with Gasteiger partial charge in [0.05, 0.1) is 13.2 Å². The largest absolute Gasteiger partial charge is 0.497 e. The molecule has 0 aliphatic rings. The summed E-state index contributed by atoms with van der Waals surface area (Å²) in [7, 11) is 1.45. The van der Waals surface area contributed by atoms with E-state index in [0.717, 1.165) is 12.8 Å². The summed E-state index contributed by atoms with van der Waals surface area (Å²) in [4.78, 5) is 0. The second-order valence-electron chi connectivity index (χ2n) is 4.40. The summed E-state index contributed by atoms with van der Waals surface area (Å²) in [5, 5.41) is 20.1. The summed E-state index contributed by atoms with van der Waals surface area (Å²) >= 11 is 0. The van der Waals surface area contributed by atoms with Crippen molar-refractivity contribution in [2.45, 2.75) is 38.9 Å². The third kappa shape index (κ3) is 3.21. The maximum Gasteiger partial charge on any atom is 0.132 e. The highest BCUT2D eigenvalue weighted by molar-refractivity contribution is 5.30. The molecule has 0 saturated heterocycles. The SMILES string of the molecule is CCC(CC)C(O)C(O)c1ccc(OC)cc1F. The van der Waals surface area contributed by atoms with Crippen molar-refractivity contribution in [3.63, 3.8) is 0 Å². The van der Waals surface area contributed by atoms with Crippen LogP contribution in [-0.4, -0.2) is 23.4 Å². The van der Waals surface area contributed by atoms with Crippen LogP contribution in [0.25, 0.3) is 0 Å². The maximum atomic E-state index is 13.8. The van der Waals surface area contributed by atoms with Crippen molar-refractivity contribution >= 4 is 0 Å². The number of ether oxygens (including phenoxy) is 1. The average molecular weight is 256 g/mol. The van der Waals surface area contributed by atoms with Gasteiger partial charge in [-0.25, -0.2) is 4.39 Å². The monoisotopic (exact) mass is 256 g/mol. The lowest BCUT2D eigenvalue weighted by atomic mass is 9.89. The van der Waals surface area contributed by atoms with Crippen LogP contribution in [0.4, 0.5) is 4.39 Å². The fraction of sp³-hybridized carbons (Fsp3) is 0.571. The Balaban J connectivity index is 2.92. The van der Waals surface area contributed by atoms with Gasteiger partial charge in [-0.1, -0.05) is 26.7 Å². The molecule has 4 heteroatoms. The summed E-state index contributed by atoms with van der Waals surface area (Å²) in [6.07, 6.45) is -0.678. The quantitative estimate of drug-likeness (QED) is 0.822. The van der Waals surface area contributed by atoms with Crippen LogP contribution in [0.1, 0.15) is 38.4 Å². The lowest BCUT2D eigenvalue weighted by Gasteiger charge is -2.25. The Hall–Kier alpha value is -1.13. The Bertz CT molecular complexity index is 377. The van der Waals surface area contributed by atoms with Crippen molar-refractivity contribution in [2.75, 3.05) is 7.11 Å². The molecule has 0 aromatic heterocycles. The lowest BCUT2D eigenvalue weighted by Crippen LogP contribution is -2.27. The molecule has 0 aliphatic carbocycles. The van der Waals surface area contributed by atoms with Crippen LogP contribution in [0, 0.1) is 11.7 Å². The van der Waals surface area contributed by atoms with Crippen LogP contribution in [0.3, 0.4) is 0 Å². The molecule has 2 atom stereocenters. The van der Waals surface area contributed by atoms with E-state index in [4.69, 9.17) is 4.74 Å². The number of rotatable bonds is 6. The lowest BCUT2D eigenvalue weighted by molar-refractivity contribution is -0.0226. The standard InChI is InChI=1S/C14H21FO3/c1-4-9(5-2)13(16)14(17)11-7-6-10(18-3)8-12(11)15/h6-9,13-14,16-17H,4-5H2,1-3H3. The molecular formula is C14H21FO3. The molecule has 18 heavy (non-hydrogen) atoms. The van der Waals surface area contributed by atoms with Crippen molar-refractivity contribution in [3.8, 4) is 5.75 Å². The Morgan fingerprint density at radius 2 is 1.83 bits per heavy atom. The number of hydrogen-bond acceptors (Lipinski definition) is 3. The normalized spacial score (nSPS) is 14.6. The van der Waals surface area contributed by atoms with Crippen LogP contribution in [0.5, 0.6) is 5.75 Å². The van der Waals surface area contributed by atoms with E-state index in [1.807, 2.05) is 13.8 Å². The van der Waals surface area contributed by atoms with Gasteiger partial charge in [-0.05, 0) is 18.1 Å². The molecule has 0 spiro atoms. The van der Waals surface area contributed by atoms with Gasteiger partial charge in [0.1, 0.15) is 17.7 Å². The Labute approximate surface area is 107 Å². The van der Waals surface area contributed by atoms with E-state index >= 15 is 0 Å². The molecule has 2 unspecified atom stereocenters. The molecule has 1 aromatic rings. The minimum atomic E-state index is -1.21. The van der Waals surface area contributed by atoms with Gasteiger partial charge in [0.2, 0.25) is 0 Å². The zero-order valence-electron chi connectivity index (χ0n) is 11.1. The van der Waals surface area contributed by atoms with Gasteiger partial charge >= 0.3 is 0 Å². The van der Waals surface area contributed by atoms with Crippen molar-refractivity contribution in [2.24, 2.45) is 5.92 Å². The zero-order valence-corrected chi connectivity index (χ0v) is 11.1. The van der Waals surface area contributed by atoms with E-state index in [2.05, 4.69) is 0 Å². The van der Waals surface area contributed by atoms with Crippen LogP contribution in [-0.2, 0) is 0 Å². The highest BCUT2D eigenvalue weighted by atomic mass is 19.1. The molecular weight excluding hydrogens is 235 g/mol. The summed E-state index contributed by atoms with van der Waals surface area (Å²) in [6.45, 7) is 3.88. The molecule has 102 valence electrons. The summed E-state index contributed by atoms with van der Waals surface area (Å²) in [5.41, 5.74) is 0.107. The Kier molecular flexibility index (Phi) is 5.56. The molecule has 0 bridgehead atoms.